The number of carboxylic acids is 1. The molecular formula is C20H21F2N3O3. The van der Waals surface area contributed by atoms with Crippen LogP contribution in [0.4, 0.5) is 8.78 Å². The van der Waals surface area contributed by atoms with Gasteiger partial charge >= 0.3 is 5.97 Å². The molecule has 28 heavy (non-hydrogen) atoms. The van der Waals surface area contributed by atoms with E-state index < -0.39 is 29.0 Å². The molecule has 1 amide bonds. The molecule has 0 atom stereocenters. The van der Waals surface area contributed by atoms with E-state index in [1.54, 1.807) is 0 Å². The zero-order chi connectivity index (χ0) is 19.9. The largest absolute Gasteiger partial charge is 0.480 e. The van der Waals surface area contributed by atoms with Gasteiger partial charge in [0, 0.05) is 11.3 Å². The van der Waals surface area contributed by atoms with Crippen molar-refractivity contribution < 1.29 is 23.5 Å². The number of carbonyl (C=O) groups is 2. The van der Waals surface area contributed by atoms with Crippen LogP contribution in [-0.2, 0) is 17.6 Å². The summed E-state index contributed by atoms with van der Waals surface area (Å²) in [5.41, 5.74) is 0.0969. The number of nitrogens with zero attached hydrogens (tertiary/aromatic N) is 2. The molecule has 2 aliphatic rings. The highest BCUT2D eigenvalue weighted by Gasteiger charge is 2.42. The van der Waals surface area contributed by atoms with Crippen LogP contribution in [0, 0.1) is 11.6 Å². The second-order valence-electron chi connectivity index (χ2n) is 7.51. The predicted octanol–water partition coefficient (Wildman–Crippen LogP) is 3.16. The Hall–Kier alpha value is -2.77. The standard InChI is InChI=1S/C20H21F2N3O3/c21-13-7-5-9-15(16(13)22)25-14-8-4-6-12(14)17(24-25)18(26)23-20(19(27)28)10-2-1-3-11-20/h5,7,9H,1-4,6,8,10-11H2,(H,23,26)(H,27,28). The molecule has 148 valence electrons. The number of carboxylic acid groups (broad SMARTS) is 1. The van der Waals surface area contributed by atoms with E-state index in [4.69, 9.17) is 0 Å². The number of aliphatic carboxylic acids is 1. The second-order valence-corrected chi connectivity index (χ2v) is 7.51. The molecule has 0 unspecified atom stereocenters. The van der Waals surface area contributed by atoms with Gasteiger partial charge in [0.15, 0.2) is 17.3 Å². The lowest BCUT2D eigenvalue weighted by atomic mass is 9.81. The molecule has 2 aliphatic carbocycles. The fourth-order valence-corrected chi connectivity index (χ4v) is 4.30. The zero-order valence-electron chi connectivity index (χ0n) is 15.3. The molecule has 4 rings (SSSR count). The smallest absolute Gasteiger partial charge is 0.329 e. The number of rotatable bonds is 4. The second kappa shape index (κ2) is 7.00. The van der Waals surface area contributed by atoms with E-state index in [9.17, 15) is 23.5 Å². The fourth-order valence-electron chi connectivity index (χ4n) is 4.30. The van der Waals surface area contributed by atoms with E-state index in [2.05, 4.69) is 10.4 Å². The van der Waals surface area contributed by atoms with Gasteiger partial charge in [0.25, 0.3) is 5.91 Å². The molecule has 0 radical (unpaired) electrons. The molecule has 0 aliphatic heterocycles. The van der Waals surface area contributed by atoms with Crippen LogP contribution < -0.4 is 5.32 Å². The summed E-state index contributed by atoms with van der Waals surface area (Å²) in [5.74, 6) is -3.63. The van der Waals surface area contributed by atoms with Crippen molar-refractivity contribution in [3.63, 3.8) is 0 Å². The number of carbonyl (C=O) groups excluding carboxylic acids is 1. The number of hydrogen-bond acceptors (Lipinski definition) is 3. The normalized spacial score (nSPS) is 17.9. The van der Waals surface area contributed by atoms with Crippen molar-refractivity contribution in [2.45, 2.75) is 56.9 Å². The summed E-state index contributed by atoms with van der Waals surface area (Å²) in [7, 11) is 0. The number of aromatic nitrogens is 2. The first-order valence-corrected chi connectivity index (χ1v) is 9.54. The molecular weight excluding hydrogens is 368 g/mol. The van der Waals surface area contributed by atoms with Gasteiger partial charge in [0.05, 0.1) is 0 Å². The molecule has 1 fully saturated rings. The maximum Gasteiger partial charge on any atom is 0.329 e. The first-order chi connectivity index (χ1) is 13.4. The van der Waals surface area contributed by atoms with Gasteiger partial charge < -0.3 is 10.4 Å². The van der Waals surface area contributed by atoms with Crippen LogP contribution in [0.1, 0.15) is 60.3 Å². The molecule has 0 spiro atoms. The van der Waals surface area contributed by atoms with Crippen molar-refractivity contribution in [3.8, 4) is 5.69 Å². The Morgan fingerprint density at radius 1 is 1.11 bits per heavy atom. The third kappa shape index (κ3) is 2.96. The number of benzene rings is 1. The Morgan fingerprint density at radius 2 is 1.86 bits per heavy atom. The highest BCUT2D eigenvalue weighted by atomic mass is 19.2. The maximum atomic E-state index is 14.3. The van der Waals surface area contributed by atoms with Gasteiger partial charge in [-0.15, -0.1) is 0 Å². The van der Waals surface area contributed by atoms with E-state index in [0.717, 1.165) is 31.7 Å². The van der Waals surface area contributed by atoms with Gasteiger partial charge in [0.2, 0.25) is 0 Å². The Morgan fingerprint density at radius 3 is 2.57 bits per heavy atom. The summed E-state index contributed by atoms with van der Waals surface area (Å²) in [5, 5.41) is 16.6. The van der Waals surface area contributed by atoms with Gasteiger partial charge in [-0.1, -0.05) is 25.3 Å². The molecule has 6 nitrogen and oxygen atoms in total. The monoisotopic (exact) mass is 389 g/mol. The van der Waals surface area contributed by atoms with Crippen LogP contribution in [0.3, 0.4) is 0 Å². The molecule has 1 aromatic heterocycles. The maximum absolute atomic E-state index is 14.3. The van der Waals surface area contributed by atoms with Crippen LogP contribution in [0.5, 0.6) is 0 Å². The molecule has 2 N–H and O–H groups in total. The average molecular weight is 389 g/mol. The first-order valence-electron chi connectivity index (χ1n) is 9.54. The molecule has 1 aromatic carbocycles. The van der Waals surface area contributed by atoms with Crippen LogP contribution in [-0.4, -0.2) is 32.3 Å². The molecule has 0 bridgehead atoms. The number of fused-ring (bicyclic) bond motifs is 1. The van der Waals surface area contributed by atoms with Gasteiger partial charge in [0.1, 0.15) is 11.2 Å². The minimum atomic E-state index is -1.30. The van der Waals surface area contributed by atoms with E-state index in [-0.39, 0.29) is 11.4 Å². The zero-order valence-corrected chi connectivity index (χ0v) is 15.3. The number of amides is 1. The highest BCUT2D eigenvalue weighted by molar-refractivity contribution is 5.98. The van der Waals surface area contributed by atoms with Gasteiger partial charge in [-0.3, -0.25) is 4.79 Å². The summed E-state index contributed by atoms with van der Waals surface area (Å²) in [6.45, 7) is 0. The Balaban J connectivity index is 1.72. The van der Waals surface area contributed by atoms with E-state index in [0.29, 0.717) is 36.9 Å². The van der Waals surface area contributed by atoms with Gasteiger partial charge in [-0.2, -0.15) is 5.10 Å². The van der Waals surface area contributed by atoms with E-state index in [1.165, 1.54) is 16.8 Å². The van der Waals surface area contributed by atoms with Gasteiger partial charge in [-0.05, 0) is 44.2 Å². The molecule has 2 aromatic rings. The molecule has 0 saturated heterocycles. The lowest BCUT2D eigenvalue weighted by Gasteiger charge is -2.33. The van der Waals surface area contributed by atoms with Crippen molar-refractivity contribution >= 4 is 11.9 Å². The summed E-state index contributed by atoms with van der Waals surface area (Å²) < 4.78 is 29.2. The summed E-state index contributed by atoms with van der Waals surface area (Å²) >= 11 is 0. The van der Waals surface area contributed by atoms with Crippen molar-refractivity contribution in [1.29, 1.82) is 0 Å². The van der Waals surface area contributed by atoms with Crippen LogP contribution in [0.15, 0.2) is 18.2 Å². The van der Waals surface area contributed by atoms with Crippen LogP contribution in [0.2, 0.25) is 0 Å². The van der Waals surface area contributed by atoms with Crippen LogP contribution in [0.25, 0.3) is 5.69 Å². The number of hydrogen-bond donors (Lipinski definition) is 2. The van der Waals surface area contributed by atoms with Crippen molar-refractivity contribution in [2.75, 3.05) is 0 Å². The Kier molecular flexibility index (Phi) is 4.64. The van der Waals surface area contributed by atoms with E-state index in [1.807, 2.05) is 0 Å². The summed E-state index contributed by atoms with van der Waals surface area (Å²) in [4.78, 5) is 24.8. The van der Waals surface area contributed by atoms with Gasteiger partial charge in [-0.25, -0.2) is 18.3 Å². The van der Waals surface area contributed by atoms with Crippen molar-refractivity contribution in [2.24, 2.45) is 0 Å². The molecule has 1 saturated carbocycles. The lowest BCUT2D eigenvalue weighted by molar-refractivity contribution is -0.145. The summed E-state index contributed by atoms with van der Waals surface area (Å²) in [6.07, 6.45) is 5.10. The SMILES string of the molecule is O=C(NC1(C(=O)O)CCCCC1)c1nn(-c2cccc(F)c2F)c2c1CCC2. The topological polar surface area (TPSA) is 84.2 Å². The first kappa shape index (κ1) is 18.6. The van der Waals surface area contributed by atoms with Crippen molar-refractivity contribution in [3.05, 3.63) is 46.8 Å². The lowest BCUT2D eigenvalue weighted by Crippen LogP contribution is -2.55. The third-order valence-corrected chi connectivity index (χ3v) is 5.77. The van der Waals surface area contributed by atoms with Crippen molar-refractivity contribution in [1.82, 2.24) is 15.1 Å². The fraction of sp³-hybridized carbons (Fsp3) is 0.450. The Labute approximate surface area is 160 Å². The molecule has 1 heterocycles. The number of nitrogens with one attached hydrogen (secondary N) is 1. The predicted molar refractivity (Wildman–Crippen MR) is 96.4 cm³/mol. The summed E-state index contributed by atoms with van der Waals surface area (Å²) in [6, 6.07) is 3.82. The third-order valence-electron chi connectivity index (χ3n) is 5.77. The van der Waals surface area contributed by atoms with Crippen LogP contribution >= 0.6 is 0 Å². The minimum absolute atomic E-state index is 0.0529. The highest BCUT2D eigenvalue weighted by Crippen LogP contribution is 2.32. The number of halogens is 2. The molecule has 8 heteroatoms. The Bertz CT molecular complexity index is 948. The average Bonchev–Trinajstić information content (AvgIpc) is 3.27. The quantitative estimate of drug-likeness (QED) is 0.841. The minimum Gasteiger partial charge on any atom is -0.480 e. The van der Waals surface area contributed by atoms with E-state index >= 15 is 0 Å².